The van der Waals surface area contributed by atoms with Crippen LogP contribution in [0.15, 0.2) is 67.5 Å². The Bertz CT molecular complexity index is 1100. The van der Waals surface area contributed by atoms with Crippen molar-refractivity contribution in [3.63, 3.8) is 0 Å². The number of para-hydroxylation sites is 1. The number of allylic oxidation sites excluding steroid dienone is 1. The van der Waals surface area contributed by atoms with Crippen LogP contribution in [0.1, 0.15) is 12.1 Å². The van der Waals surface area contributed by atoms with Crippen molar-refractivity contribution >= 4 is 16.6 Å². The van der Waals surface area contributed by atoms with Crippen molar-refractivity contribution in [3.05, 3.63) is 73.2 Å². The van der Waals surface area contributed by atoms with E-state index in [9.17, 15) is 0 Å². The molecule has 0 aliphatic carbocycles. The largest absolute Gasteiger partial charge is 0.256 e. The number of benzene rings is 1. The summed E-state index contributed by atoms with van der Waals surface area (Å²) in [6, 6.07) is 16.2. The zero-order chi connectivity index (χ0) is 16.8. The highest BCUT2D eigenvalue weighted by atomic mass is 15.3. The fourth-order valence-electron chi connectivity index (χ4n) is 3.59. The molecule has 0 saturated carbocycles. The number of pyridine rings is 2. The quantitative estimate of drug-likeness (QED) is 0.542. The maximum Gasteiger partial charge on any atom is 0.119 e. The lowest BCUT2D eigenvalue weighted by atomic mass is 9.97. The molecule has 0 unspecified atom stereocenters. The predicted octanol–water partition coefficient (Wildman–Crippen LogP) is 4.58. The summed E-state index contributed by atoms with van der Waals surface area (Å²) in [5, 5.41) is 5.99. The smallest absolute Gasteiger partial charge is 0.119 e. The molecule has 0 N–H and O–H groups in total. The Morgan fingerprint density at radius 1 is 0.880 bits per heavy atom. The zero-order valence-electron chi connectivity index (χ0n) is 13.7. The summed E-state index contributed by atoms with van der Waals surface area (Å²) >= 11 is 0. The maximum atomic E-state index is 4.86. The number of aromatic nitrogens is 4. The van der Waals surface area contributed by atoms with Gasteiger partial charge in [0.05, 0.1) is 16.9 Å². The van der Waals surface area contributed by atoms with Crippen LogP contribution >= 0.6 is 0 Å². The van der Waals surface area contributed by atoms with Gasteiger partial charge in [0.1, 0.15) is 5.69 Å². The van der Waals surface area contributed by atoms with Gasteiger partial charge in [-0.25, -0.2) is 4.68 Å². The minimum atomic E-state index is 0.882. The summed E-state index contributed by atoms with van der Waals surface area (Å²) in [6.07, 6.45) is 5.57. The van der Waals surface area contributed by atoms with E-state index < -0.39 is 0 Å². The third-order valence-electron chi connectivity index (χ3n) is 4.76. The summed E-state index contributed by atoms with van der Waals surface area (Å²) in [7, 11) is 0. The Hall–Kier alpha value is -3.27. The van der Waals surface area contributed by atoms with Gasteiger partial charge in [-0.15, -0.1) is 0 Å². The van der Waals surface area contributed by atoms with Crippen molar-refractivity contribution < 1.29 is 0 Å². The Morgan fingerprint density at radius 2 is 1.76 bits per heavy atom. The van der Waals surface area contributed by atoms with Crippen LogP contribution in [0, 0.1) is 0 Å². The van der Waals surface area contributed by atoms with Gasteiger partial charge in [0, 0.05) is 29.0 Å². The van der Waals surface area contributed by atoms with Gasteiger partial charge in [-0.2, -0.15) is 5.10 Å². The fourth-order valence-corrected chi connectivity index (χ4v) is 3.59. The molecule has 1 aliphatic heterocycles. The van der Waals surface area contributed by atoms with E-state index in [-0.39, 0.29) is 0 Å². The molecule has 0 atom stereocenters. The zero-order valence-corrected chi connectivity index (χ0v) is 13.7. The average Bonchev–Trinajstić information content (AvgIpc) is 3.22. The van der Waals surface area contributed by atoms with Gasteiger partial charge in [0.25, 0.3) is 0 Å². The minimum Gasteiger partial charge on any atom is -0.256 e. The van der Waals surface area contributed by atoms with E-state index in [2.05, 4.69) is 34.7 Å². The van der Waals surface area contributed by atoms with Crippen molar-refractivity contribution in [2.75, 3.05) is 0 Å². The van der Waals surface area contributed by atoms with Gasteiger partial charge in [-0.1, -0.05) is 30.8 Å². The molecule has 5 rings (SSSR count). The van der Waals surface area contributed by atoms with Crippen LogP contribution in [0.25, 0.3) is 39.1 Å². The van der Waals surface area contributed by atoms with Crippen LogP contribution in [0.3, 0.4) is 0 Å². The molecule has 4 heteroatoms. The third kappa shape index (κ3) is 2.11. The standard InChI is InChI=1S/C21H16N4/c1-14-9-10-19-20(16-11-13-23-17-7-3-2-6-15(16)17)21(24-25(14)19)18-8-4-5-12-22-18/h2-8,11-13H,1,9-10H2. The topological polar surface area (TPSA) is 43.6 Å². The first-order valence-electron chi connectivity index (χ1n) is 8.38. The van der Waals surface area contributed by atoms with Gasteiger partial charge in [-0.05, 0) is 42.7 Å². The SMILES string of the molecule is C=C1CCc2c(-c3ccnc4ccccc34)c(-c3ccccn3)nn21. The van der Waals surface area contributed by atoms with Crippen molar-refractivity contribution in [2.45, 2.75) is 12.8 Å². The summed E-state index contributed by atoms with van der Waals surface area (Å²) in [5.41, 5.74) is 7.33. The van der Waals surface area contributed by atoms with Crippen molar-refractivity contribution in [1.82, 2.24) is 19.7 Å². The Labute approximate surface area is 145 Å². The van der Waals surface area contributed by atoms with Gasteiger partial charge < -0.3 is 0 Å². The first kappa shape index (κ1) is 14.1. The second kappa shape index (κ2) is 5.38. The van der Waals surface area contributed by atoms with Gasteiger partial charge in [0.15, 0.2) is 0 Å². The molecule has 120 valence electrons. The van der Waals surface area contributed by atoms with Crippen molar-refractivity contribution in [1.29, 1.82) is 0 Å². The molecule has 1 aromatic carbocycles. The molecule has 0 bridgehead atoms. The molecule has 0 radical (unpaired) electrons. The molecule has 3 aromatic heterocycles. The number of hydrogen-bond acceptors (Lipinski definition) is 3. The van der Waals surface area contributed by atoms with E-state index in [1.807, 2.05) is 47.4 Å². The summed E-state index contributed by atoms with van der Waals surface area (Å²) < 4.78 is 1.99. The van der Waals surface area contributed by atoms with E-state index in [0.29, 0.717) is 0 Å². The molecule has 0 saturated heterocycles. The number of rotatable bonds is 2. The Balaban J connectivity index is 1.87. The summed E-state index contributed by atoms with van der Waals surface area (Å²) in [4.78, 5) is 9.03. The highest BCUT2D eigenvalue weighted by molar-refractivity contribution is 5.99. The maximum absolute atomic E-state index is 4.86. The Kier molecular flexibility index (Phi) is 3.04. The van der Waals surface area contributed by atoms with E-state index >= 15 is 0 Å². The van der Waals surface area contributed by atoms with Crippen molar-refractivity contribution in [2.24, 2.45) is 0 Å². The molecule has 0 spiro atoms. The fraction of sp³-hybridized carbons (Fsp3) is 0.0952. The minimum absolute atomic E-state index is 0.882. The molecule has 25 heavy (non-hydrogen) atoms. The molecule has 0 fully saturated rings. The third-order valence-corrected chi connectivity index (χ3v) is 4.76. The predicted molar refractivity (Wildman–Crippen MR) is 99.8 cm³/mol. The Morgan fingerprint density at radius 3 is 2.64 bits per heavy atom. The van der Waals surface area contributed by atoms with E-state index in [1.54, 1.807) is 0 Å². The van der Waals surface area contributed by atoms with Crippen LogP contribution in [0.4, 0.5) is 0 Å². The van der Waals surface area contributed by atoms with Crippen molar-refractivity contribution in [3.8, 4) is 22.5 Å². The highest BCUT2D eigenvalue weighted by Crippen LogP contribution is 2.41. The second-order valence-electron chi connectivity index (χ2n) is 6.24. The molecule has 4 aromatic rings. The van der Waals surface area contributed by atoms with Crippen LogP contribution < -0.4 is 0 Å². The van der Waals surface area contributed by atoms with Gasteiger partial charge >= 0.3 is 0 Å². The molecular weight excluding hydrogens is 308 g/mol. The van der Waals surface area contributed by atoms with Gasteiger partial charge in [-0.3, -0.25) is 9.97 Å². The molecule has 4 heterocycles. The molecule has 4 nitrogen and oxygen atoms in total. The molecular formula is C21H16N4. The van der Waals surface area contributed by atoms with E-state index in [4.69, 9.17) is 5.10 Å². The van der Waals surface area contributed by atoms with Gasteiger partial charge in [0.2, 0.25) is 0 Å². The van der Waals surface area contributed by atoms with Crippen LogP contribution in [0.2, 0.25) is 0 Å². The number of hydrogen-bond donors (Lipinski definition) is 0. The lowest BCUT2D eigenvalue weighted by molar-refractivity contribution is 0.900. The highest BCUT2D eigenvalue weighted by Gasteiger charge is 2.27. The van der Waals surface area contributed by atoms with E-state index in [0.717, 1.165) is 52.0 Å². The van der Waals surface area contributed by atoms with E-state index in [1.165, 1.54) is 5.69 Å². The monoisotopic (exact) mass is 324 g/mol. The average molecular weight is 324 g/mol. The molecule has 0 amide bonds. The second-order valence-corrected chi connectivity index (χ2v) is 6.24. The number of nitrogens with zero attached hydrogens (tertiary/aromatic N) is 4. The van der Waals surface area contributed by atoms with Crippen LogP contribution in [0.5, 0.6) is 0 Å². The van der Waals surface area contributed by atoms with Crippen LogP contribution in [-0.2, 0) is 6.42 Å². The van der Waals surface area contributed by atoms with Crippen LogP contribution in [-0.4, -0.2) is 19.7 Å². The normalized spacial score (nSPS) is 13.4. The summed E-state index contributed by atoms with van der Waals surface area (Å²) in [6.45, 7) is 4.17. The lowest BCUT2D eigenvalue weighted by Crippen LogP contribution is -1.93. The molecule has 1 aliphatic rings. The summed E-state index contributed by atoms with van der Waals surface area (Å²) in [5.74, 6) is 0. The number of fused-ring (bicyclic) bond motifs is 2. The first-order valence-corrected chi connectivity index (χ1v) is 8.38. The first-order chi connectivity index (χ1) is 12.3. The lowest BCUT2D eigenvalue weighted by Gasteiger charge is -2.08.